The lowest BCUT2D eigenvalue weighted by Gasteiger charge is -2.24. The van der Waals surface area contributed by atoms with Crippen molar-refractivity contribution in [3.8, 4) is 11.5 Å². The van der Waals surface area contributed by atoms with Crippen LogP contribution in [0.25, 0.3) is 0 Å². The standard InChI is InChI=1S/C13H13N3O4S/c1-19-7-4-3-6(5-8(7)20-2)9-10-11(15-12(17)14-9)16-13(18)21-10/h3-5,9H,1-2H3,(H,16,18)(H2,14,15,17). The highest BCUT2D eigenvalue weighted by molar-refractivity contribution is 7.09. The Hall–Kier alpha value is -2.48. The molecule has 7 nitrogen and oxygen atoms in total. The molecule has 8 heteroatoms. The van der Waals surface area contributed by atoms with Crippen molar-refractivity contribution in [1.82, 2.24) is 10.3 Å². The zero-order valence-electron chi connectivity index (χ0n) is 11.4. The van der Waals surface area contributed by atoms with Crippen LogP contribution in [0.3, 0.4) is 0 Å². The molecule has 2 aromatic rings. The number of thiazole rings is 1. The average Bonchev–Trinajstić information content (AvgIpc) is 2.85. The van der Waals surface area contributed by atoms with Gasteiger partial charge in [0, 0.05) is 0 Å². The fraction of sp³-hybridized carbons (Fsp3) is 0.231. The molecule has 3 rings (SSSR count). The fourth-order valence-electron chi connectivity index (χ4n) is 2.25. The van der Waals surface area contributed by atoms with Crippen molar-refractivity contribution < 1.29 is 14.3 Å². The number of hydrogen-bond donors (Lipinski definition) is 3. The lowest BCUT2D eigenvalue weighted by Crippen LogP contribution is -2.37. The van der Waals surface area contributed by atoms with Gasteiger partial charge in [-0.25, -0.2) is 4.79 Å². The number of carbonyl (C=O) groups is 1. The maximum absolute atomic E-state index is 11.7. The van der Waals surface area contributed by atoms with Crippen LogP contribution in [0.4, 0.5) is 10.6 Å². The van der Waals surface area contributed by atoms with Gasteiger partial charge >= 0.3 is 10.9 Å². The number of benzene rings is 1. The van der Waals surface area contributed by atoms with E-state index in [4.69, 9.17) is 9.47 Å². The summed E-state index contributed by atoms with van der Waals surface area (Å²) in [6, 6.07) is 4.60. The normalized spacial score (nSPS) is 16.7. The smallest absolute Gasteiger partial charge is 0.321 e. The van der Waals surface area contributed by atoms with Crippen molar-refractivity contribution in [3.05, 3.63) is 38.3 Å². The molecule has 1 aromatic carbocycles. The molecule has 21 heavy (non-hydrogen) atoms. The molecule has 0 radical (unpaired) electrons. The summed E-state index contributed by atoms with van der Waals surface area (Å²) < 4.78 is 10.5. The molecule has 2 amide bonds. The quantitative estimate of drug-likeness (QED) is 0.804. The number of nitrogens with one attached hydrogen (secondary N) is 3. The number of H-pyrrole nitrogens is 1. The number of ether oxygens (including phenoxy) is 2. The molecule has 1 atom stereocenters. The van der Waals surface area contributed by atoms with Gasteiger partial charge in [-0.05, 0) is 17.7 Å². The third kappa shape index (κ3) is 2.33. The Morgan fingerprint density at radius 1 is 1.14 bits per heavy atom. The molecule has 0 spiro atoms. The van der Waals surface area contributed by atoms with Crippen molar-refractivity contribution in [3.63, 3.8) is 0 Å². The van der Waals surface area contributed by atoms with Gasteiger partial charge in [-0.15, -0.1) is 0 Å². The molecule has 1 aliphatic heterocycles. The van der Waals surface area contributed by atoms with E-state index in [0.29, 0.717) is 17.3 Å². The molecule has 1 aromatic heterocycles. The van der Waals surface area contributed by atoms with Gasteiger partial charge in [-0.1, -0.05) is 17.4 Å². The van der Waals surface area contributed by atoms with Crippen molar-refractivity contribution in [2.45, 2.75) is 6.04 Å². The monoisotopic (exact) mass is 307 g/mol. The molecule has 0 fully saturated rings. The maximum atomic E-state index is 11.7. The van der Waals surface area contributed by atoms with E-state index in [1.54, 1.807) is 26.4 Å². The van der Waals surface area contributed by atoms with Crippen molar-refractivity contribution in [2.24, 2.45) is 0 Å². The molecule has 0 aliphatic carbocycles. The Morgan fingerprint density at radius 3 is 2.62 bits per heavy atom. The first-order chi connectivity index (χ1) is 10.1. The molecule has 0 bridgehead atoms. The van der Waals surface area contributed by atoms with Crippen LogP contribution in [0.2, 0.25) is 0 Å². The van der Waals surface area contributed by atoms with Crippen LogP contribution in [0, 0.1) is 0 Å². The summed E-state index contributed by atoms with van der Waals surface area (Å²) in [6.07, 6.45) is 0. The fourth-order valence-corrected chi connectivity index (χ4v) is 3.12. The largest absolute Gasteiger partial charge is 0.493 e. The predicted octanol–water partition coefficient (Wildman–Crippen LogP) is 1.68. The van der Waals surface area contributed by atoms with Crippen LogP contribution in [0.5, 0.6) is 11.5 Å². The van der Waals surface area contributed by atoms with E-state index in [2.05, 4.69) is 15.6 Å². The predicted molar refractivity (Wildman–Crippen MR) is 78.5 cm³/mol. The highest BCUT2D eigenvalue weighted by atomic mass is 32.1. The topological polar surface area (TPSA) is 92.5 Å². The molecule has 110 valence electrons. The van der Waals surface area contributed by atoms with E-state index in [1.165, 1.54) is 0 Å². The summed E-state index contributed by atoms with van der Waals surface area (Å²) in [5.74, 6) is 1.60. The zero-order chi connectivity index (χ0) is 15.0. The number of fused-ring (bicyclic) bond motifs is 1. The number of amides is 2. The van der Waals surface area contributed by atoms with Gasteiger partial charge in [-0.2, -0.15) is 0 Å². The summed E-state index contributed by atoms with van der Waals surface area (Å²) in [7, 11) is 3.10. The van der Waals surface area contributed by atoms with E-state index in [-0.39, 0.29) is 10.9 Å². The molecule has 0 saturated heterocycles. The molecule has 3 N–H and O–H groups in total. The van der Waals surface area contributed by atoms with E-state index in [1.807, 2.05) is 6.07 Å². The zero-order valence-corrected chi connectivity index (χ0v) is 12.2. The number of hydrogen-bond acceptors (Lipinski definition) is 5. The minimum absolute atomic E-state index is 0.213. The van der Waals surface area contributed by atoms with E-state index >= 15 is 0 Å². The summed E-state index contributed by atoms with van der Waals surface area (Å²) in [4.78, 5) is 26.3. The summed E-state index contributed by atoms with van der Waals surface area (Å²) in [6.45, 7) is 0. The highest BCUT2D eigenvalue weighted by Crippen LogP contribution is 2.36. The van der Waals surface area contributed by atoms with Crippen LogP contribution in [0.15, 0.2) is 23.0 Å². The Bertz CT molecular complexity index is 752. The first-order valence-electron chi connectivity index (χ1n) is 6.15. The number of anilines is 1. The van der Waals surface area contributed by atoms with Gasteiger partial charge < -0.3 is 14.8 Å². The second kappa shape index (κ2) is 5.13. The Kier molecular flexibility index (Phi) is 3.30. The van der Waals surface area contributed by atoms with Gasteiger partial charge in [0.05, 0.1) is 25.1 Å². The van der Waals surface area contributed by atoms with Crippen LogP contribution >= 0.6 is 11.3 Å². The number of methoxy groups -OCH3 is 2. The van der Waals surface area contributed by atoms with E-state index in [9.17, 15) is 9.59 Å². The third-order valence-electron chi connectivity index (χ3n) is 3.19. The number of aromatic amines is 1. The average molecular weight is 307 g/mol. The van der Waals surface area contributed by atoms with Crippen LogP contribution in [-0.4, -0.2) is 25.2 Å². The van der Waals surface area contributed by atoms with Crippen molar-refractivity contribution in [1.29, 1.82) is 0 Å². The lowest BCUT2D eigenvalue weighted by atomic mass is 10.0. The summed E-state index contributed by atoms with van der Waals surface area (Å²) in [5.41, 5.74) is 0.805. The van der Waals surface area contributed by atoms with Crippen LogP contribution in [0.1, 0.15) is 16.5 Å². The van der Waals surface area contributed by atoms with Crippen LogP contribution in [-0.2, 0) is 0 Å². The highest BCUT2D eigenvalue weighted by Gasteiger charge is 2.29. The SMILES string of the molecule is COc1ccc(C2NC(=O)Nc3[nH]c(=O)sc32)cc1OC. The molecular formula is C13H13N3O4S. The van der Waals surface area contributed by atoms with Gasteiger partial charge in [0.25, 0.3) is 0 Å². The van der Waals surface area contributed by atoms with Gasteiger partial charge in [0.1, 0.15) is 5.82 Å². The van der Waals surface area contributed by atoms with Crippen molar-refractivity contribution in [2.75, 3.05) is 19.5 Å². The van der Waals surface area contributed by atoms with E-state index in [0.717, 1.165) is 21.8 Å². The third-order valence-corrected chi connectivity index (χ3v) is 4.14. The number of carbonyl (C=O) groups excluding carboxylic acids is 1. The van der Waals surface area contributed by atoms with Gasteiger partial charge in [-0.3, -0.25) is 15.1 Å². The van der Waals surface area contributed by atoms with Crippen LogP contribution < -0.4 is 25.0 Å². The molecule has 2 heterocycles. The molecule has 1 unspecified atom stereocenters. The van der Waals surface area contributed by atoms with Gasteiger partial charge in [0.2, 0.25) is 0 Å². The van der Waals surface area contributed by atoms with Crippen molar-refractivity contribution >= 4 is 23.2 Å². The second-order valence-corrected chi connectivity index (χ2v) is 5.41. The number of rotatable bonds is 3. The molecular weight excluding hydrogens is 294 g/mol. The lowest BCUT2D eigenvalue weighted by molar-refractivity contribution is 0.249. The first kappa shape index (κ1) is 13.5. The minimum atomic E-state index is -0.405. The van der Waals surface area contributed by atoms with E-state index < -0.39 is 6.04 Å². The molecule has 1 aliphatic rings. The Balaban J connectivity index is 2.08. The Labute approximate surface area is 123 Å². The minimum Gasteiger partial charge on any atom is -0.493 e. The summed E-state index contributed by atoms with van der Waals surface area (Å²) >= 11 is 1.06. The number of aromatic nitrogens is 1. The van der Waals surface area contributed by atoms with Gasteiger partial charge in [0.15, 0.2) is 11.5 Å². The maximum Gasteiger partial charge on any atom is 0.321 e. The summed E-state index contributed by atoms with van der Waals surface area (Å²) in [5, 5.41) is 5.38. The Morgan fingerprint density at radius 2 is 1.90 bits per heavy atom. The first-order valence-corrected chi connectivity index (χ1v) is 6.96. The second-order valence-electron chi connectivity index (χ2n) is 4.40. The number of urea groups is 1. The molecule has 0 saturated carbocycles.